The van der Waals surface area contributed by atoms with Crippen LogP contribution in [0.3, 0.4) is 0 Å². The number of nitro benzene ring substituents is 1. The highest BCUT2D eigenvalue weighted by Gasteiger charge is 2.65. The number of allylic oxidation sites excluding steroid dienone is 1. The summed E-state index contributed by atoms with van der Waals surface area (Å²) in [6.45, 7) is 4.96. The van der Waals surface area contributed by atoms with E-state index < -0.39 is 22.7 Å². The average molecular weight is 962 g/mol. The zero-order chi connectivity index (χ0) is 49.2. The molecule has 0 unspecified atom stereocenters. The molecule has 2 fully saturated rings. The van der Waals surface area contributed by atoms with Crippen molar-refractivity contribution in [2.75, 3.05) is 19.8 Å². The van der Waals surface area contributed by atoms with Gasteiger partial charge in [-0.3, -0.25) is 14.9 Å². The van der Waals surface area contributed by atoms with Crippen molar-refractivity contribution in [3.05, 3.63) is 166 Å². The molecule has 12 heteroatoms. The molecule has 5 aromatic carbocycles. The number of benzene rings is 5. The molecule has 0 saturated heterocycles. The highest BCUT2D eigenvalue weighted by Crippen LogP contribution is 2.62. The Kier molecular flexibility index (Phi) is 16.3. The zero-order valence-electron chi connectivity index (χ0n) is 40.6. The Labute approximate surface area is 417 Å². The smallest absolute Gasteiger partial charge is 0.273 e. The predicted octanol–water partition coefficient (Wildman–Crippen LogP) is 12.4. The first-order chi connectivity index (χ1) is 34.8. The van der Waals surface area contributed by atoms with Crippen LogP contribution in [0.4, 0.5) is 5.69 Å². The van der Waals surface area contributed by atoms with Crippen molar-refractivity contribution in [3.8, 4) is 17.2 Å². The van der Waals surface area contributed by atoms with Crippen LogP contribution in [-0.2, 0) is 27.5 Å². The minimum absolute atomic E-state index is 0.00812. The van der Waals surface area contributed by atoms with E-state index in [0.29, 0.717) is 49.0 Å². The van der Waals surface area contributed by atoms with E-state index in [2.05, 4.69) is 43.0 Å². The molecule has 9 rings (SSSR count). The fraction of sp³-hybridized carbons (Fsp3) is 0.424. The van der Waals surface area contributed by atoms with Crippen LogP contribution in [-0.4, -0.2) is 63.3 Å². The number of nitro groups is 1. The summed E-state index contributed by atoms with van der Waals surface area (Å²) in [5, 5.41) is 39.2. The zero-order valence-corrected chi connectivity index (χ0v) is 40.6. The number of rotatable bonds is 23. The molecule has 0 aromatic heterocycles. The van der Waals surface area contributed by atoms with Crippen LogP contribution in [0, 0.1) is 33.8 Å². The first kappa shape index (κ1) is 49.6. The monoisotopic (exact) mass is 961 g/mol. The molecule has 5 aromatic rings. The number of aliphatic hydroxyl groups excluding tert-OH is 2. The summed E-state index contributed by atoms with van der Waals surface area (Å²) < 4.78 is 21.3. The number of ether oxygens (including phenoxy) is 3. The molecule has 12 nitrogen and oxygen atoms in total. The van der Waals surface area contributed by atoms with Gasteiger partial charge in [0.1, 0.15) is 29.9 Å². The third kappa shape index (κ3) is 11.1. The number of carbonyl (C=O) groups is 1. The van der Waals surface area contributed by atoms with Crippen LogP contribution in [0.15, 0.2) is 145 Å². The molecule has 6 atom stereocenters. The number of aliphatic hydroxyl groups is 2. The van der Waals surface area contributed by atoms with Crippen molar-refractivity contribution in [2.45, 2.75) is 114 Å². The van der Waals surface area contributed by atoms with Crippen molar-refractivity contribution >= 4 is 28.1 Å². The van der Waals surface area contributed by atoms with Gasteiger partial charge in [-0.05, 0) is 102 Å². The maximum Gasteiger partial charge on any atom is 0.273 e. The van der Waals surface area contributed by atoms with E-state index in [9.17, 15) is 20.3 Å². The lowest BCUT2D eigenvalue weighted by Crippen LogP contribution is -2.70. The summed E-state index contributed by atoms with van der Waals surface area (Å²) >= 11 is 0. The first-order valence-electron chi connectivity index (χ1n) is 25.7. The quantitative estimate of drug-likeness (QED) is 0.0282. The Balaban J connectivity index is 1.25. The Morgan fingerprint density at radius 2 is 1.62 bits per heavy atom. The lowest BCUT2D eigenvalue weighted by Gasteiger charge is -2.60. The van der Waals surface area contributed by atoms with Crippen LogP contribution < -0.4 is 9.47 Å². The Morgan fingerprint density at radius 1 is 0.873 bits per heavy atom. The van der Waals surface area contributed by atoms with Crippen LogP contribution >= 0.6 is 0 Å². The van der Waals surface area contributed by atoms with Crippen molar-refractivity contribution in [1.29, 1.82) is 0 Å². The number of carbonyl (C=O) groups excluding carboxylic acids is 1. The second kappa shape index (κ2) is 23.3. The lowest BCUT2D eigenvalue weighted by atomic mass is 9.55. The van der Waals surface area contributed by atoms with Gasteiger partial charge in [0, 0.05) is 50.1 Å². The topological polar surface area (TPSA) is 153 Å². The fourth-order valence-corrected chi connectivity index (χ4v) is 12.0. The number of hydrogen-bond acceptors (Lipinski definition) is 10. The van der Waals surface area contributed by atoms with Gasteiger partial charge in [-0.2, -0.15) is 0 Å². The number of amides is 1. The van der Waals surface area contributed by atoms with Gasteiger partial charge in [0.2, 0.25) is 11.7 Å². The summed E-state index contributed by atoms with van der Waals surface area (Å²) in [6.07, 6.45) is 14.6. The van der Waals surface area contributed by atoms with Crippen LogP contribution in [0.1, 0.15) is 106 Å². The summed E-state index contributed by atoms with van der Waals surface area (Å²) in [5.74, 6) is -0.308. The molecule has 0 bridgehead atoms. The lowest BCUT2D eigenvalue weighted by molar-refractivity contribution is -0.384. The highest BCUT2D eigenvalue weighted by atomic mass is 16.7. The van der Waals surface area contributed by atoms with Crippen LogP contribution in [0.2, 0.25) is 0 Å². The summed E-state index contributed by atoms with van der Waals surface area (Å²) in [6, 6.07) is 35.7. The molecular formula is C59H67N3O9. The Bertz CT molecular complexity index is 2690. The molecule has 2 saturated carbocycles. The molecule has 0 spiro atoms. The molecule has 1 heterocycles. The van der Waals surface area contributed by atoms with Crippen molar-refractivity contribution < 1.29 is 39.0 Å². The highest BCUT2D eigenvalue weighted by molar-refractivity contribution is 6.03. The molecule has 71 heavy (non-hydrogen) atoms. The summed E-state index contributed by atoms with van der Waals surface area (Å²) in [7, 11) is 0. The number of hydrogen-bond donors (Lipinski definition) is 2. The van der Waals surface area contributed by atoms with E-state index in [1.807, 2.05) is 65.6 Å². The average Bonchev–Trinajstić information content (AvgIpc) is 3.92. The Morgan fingerprint density at radius 3 is 2.41 bits per heavy atom. The van der Waals surface area contributed by atoms with Gasteiger partial charge >= 0.3 is 0 Å². The molecular weight excluding hydrogens is 895 g/mol. The molecule has 1 amide bonds. The van der Waals surface area contributed by atoms with Gasteiger partial charge in [0.15, 0.2) is 0 Å². The van der Waals surface area contributed by atoms with Gasteiger partial charge < -0.3 is 34.2 Å². The fourth-order valence-electron chi connectivity index (χ4n) is 12.0. The van der Waals surface area contributed by atoms with Crippen molar-refractivity contribution in [3.63, 3.8) is 0 Å². The van der Waals surface area contributed by atoms with E-state index in [4.69, 9.17) is 24.2 Å². The molecule has 3 aliphatic carbocycles. The molecule has 372 valence electrons. The second-order valence-electron chi connectivity index (χ2n) is 19.7. The summed E-state index contributed by atoms with van der Waals surface area (Å²) in [5.41, 5.74) is 4.46. The van der Waals surface area contributed by atoms with Gasteiger partial charge in [0.25, 0.3) is 5.69 Å². The first-order valence-corrected chi connectivity index (χ1v) is 25.7. The standard InChI is InChI=1S/C59H67N3O9/c1-2-34-68-59-55(61(56(65)31-28-41-16-6-7-17-41)39-45-23-14-22-43-20-8-9-26-49(43)45)38-53(60-69-40-42-18-4-3-5-19-42)51-35-44(21-10-12-32-63)50(27-11-13-33-64)57(58(51)59)52-37-48(29-30-54(52)71-59)70-47-25-15-24-46(36-47)62(66)67/h2-5,8-9,14-15,18-20,22-26,29-30,35-37,41,44,50,55,57-58,63-64H,1,6-7,10-13,16-17,21,27-28,31-34,38-40H2/t44-,50+,55-,57+,58+,59+/m0/s1. The van der Waals surface area contributed by atoms with Gasteiger partial charge in [-0.25, -0.2) is 0 Å². The molecule has 0 radical (unpaired) electrons. The molecule has 1 aliphatic heterocycles. The maximum atomic E-state index is 15.6. The molecule has 4 aliphatic rings. The summed E-state index contributed by atoms with van der Waals surface area (Å²) in [4.78, 5) is 35.3. The Hall–Kier alpha value is -6.34. The SMILES string of the molecule is C=CCO[C@@]12Oc3ccc(Oc4cccc([N+](=O)[O-])c4)cc3[C@H]3[C@H](CCCCO)[C@@H](CCCCO)C=C(C(=NOCc4ccccc4)C[C@@H]1N(Cc1cccc4ccccc14)C(=O)CCC1CCCC1)[C@H]32. The van der Waals surface area contributed by atoms with E-state index in [1.54, 1.807) is 18.2 Å². The van der Waals surface area contributed by atoms with Crippen molar-refractivity contribution in [2.24, 2.45) is 28.8 Å². The minimum atomic E-state index is -1.45. The van der Waals surface area contributed by atoms with Crippen molar-refractivity contribution in [1.82, 2.24) is 4.90 Å². The van der Waals surface area contributed by atoms with Gasteiger partial charge in [-0.15, -0.1) is 6.58 Å². The number of fused-ring (bicyclic) bond motifs is 3. The van der Waals surface area contributed by atoms with Crippen LogP contribution in [0.5, 0.6) is 17.2 Å². The van der Waals surface area contributed by atoms with E-state index in [-0.39, 0.29) is 62.2 Å². The van der Waals surface area contributed by atoms with Gasteiger partial charge in [-0.1, -0.05) is 135 Å². The normalized spacial score (nSPS) is 23.0. The van der Waals surface area contributed by atoms with Gasteiger partial charge in [0.05, 0.1) is 29.2 Å². The number of nitrogens with zero attached hydrogens (tertiary/aromatic N) is 3. The minimum Gasteiger partial charge on any atom is -0.459 e. The van der Waals surface area contributed by atoms with E-state index in [1.165, 1.54) is 25.0 Å². The van der Waals surface area contributed by atoms with Crippen LogP contribution in [0.25, 0.3) is 10.8 Å². The number of non-ortho nitro benzene ring substituents is 1. The number of unbranched alkanes of at least 4 members (excludes halogenated alkanes) is 2. The largest absolute Gasteiger partial charge is 0.459 e. The second-order valence-corrected chi connectivity index (χ2v) is 19.7. The molecule has 2 N–H and O–H groups in total. The number of oxime groups is 1. The van der Waals surface area contributed by atoms with E-state index >= 15 is 4.79 Å². The predicted molar refractivity (Wildman–Crippen MR) is 275 cm³/mol. The third-order valence-electron chi connectivity index (χ3n) is 15.3. The maximum absolute atomic E-state index is 15.6. The third-order valence-corrected chi connectivity index (χ3v) is 15.3. The van der Waals surface area contributed by atoms with E-state index in [0.717, 1.165) is 83.7 Å².